The molecule has 1 aromatic carbocycles. The zero-order valence-corrected chi connectivity index (χ0v) is 8.41. The first-order chi connectivity index (χ1) is 7.36. The van der Waals surface area contributed by atoms with Crippen LogP contribution in [0, 0.1) is 0 Å². The lowest BCUT2D eigenvalue weighted by Gasteiger charge is -2.12. The van der Waals surface area contributed by atoms with E-state index in [2.05, 4.69) is 0 Å². The molecule has 1 aromatic rings. The fraction of sp³-hybridized carbons (Fsp3) is 0.300. The van der Waals surface area contributed by atoms with Crippen molar-refractivity contribution in [3.8, 4) is 11.5 Å². The second-order valence-electron chi connectivity index (χ2n) is 3.18. The van der Waals surface area contributed by atoms with Gasteiger partial charge in [-0.3, -0.25) is 0 Å². The van der Waals surface area contributed by atoms with E-state index in [9.17, 15) is 18.7 Å². The maximum atomic E-state index is 12.9. The topological polar surface area (TPSA) is 66.8 Å². The summed E-state index contributed by atoms with van der Waals surface area (Å²) >= 11 is 0. The summed E-state index contributed by atoms with van der Waals surface area (Å²) < 4.78 is 30.6. The first-order valence-electron chi connectivity index (χ1n) is 4.34. The molecule has 0 spiro atoms. The van der Waals surface area contributed by atoms with Gasteiger partial charge in [0.2, 0.25) is 0 Å². The summed E-state index contributed by atoms with van der Waals surface area (Å²) in [6, 6.07) is 3.73. The van der Waals surface area contributed by atoms with E-state index in [0.717, 1.165) is 0 Å². The van der Waals surface area contributed by atoms with Crippen LogP contribution in [0.25, 0.3) is 0 Å². The molecular formula is C10H10F2O4. The van der Waals surface area contributed by atoms with Gasteiger partial charge in [0.25, 0.3) is 0 Å². The largest absolute Gasteiger partial charge is 0.508 e. The second-order valence-corrected chi connectivity index (χ2v) is 3.18. The third-order valence-electron chi connectivity index (χ3n) is 2.01. The van der Waals surface area contributed by atoms with Crippen molar-refractivity contribution in [3.05, 3.63) is 23.8 Å². The smallest absolute Gasteiger partial charge is 0.374 e. The van der Waals surface area contributed by atoms with Gasteiger partial charge in [0.05, 0.1) is 13.5 Å². The standard InChI is InChI=1S/C10H10F2O4/c1-16-7-2-3-8(13)6(4-7)5-10(11,12)9(14)15/h2-4,13H,5H2,1H3,(H,14,15). The monoisotopic (exact) mass is 232 g/mol. The molecule has 0 aliphatic carbocycles. The molecule has 0 aliphatic rings. The molecule has 2 N–H and O–H groups in total. The molecule has 0 fully saturated rings. The van der Waals surface area contributed by atoms with Crippen LogP contribution in [0.15, 0.2) is 18.2 Å². The number of methoxy groups -OCH3 is 1. The molecule has 0 aliphatic heterocycles. The Morgan fingerprint density at radius 1 is 1.50 bits per heavy atom. The second kappa shape index (κ2) is 4.34. The van der Waals surface area contributed by atoms with E-state index in [0.29, 0.717) is 0 Å². The van der Waals surface area contributed by atoms with Crippen LogP contribution in [0.4, 0.5) is 8.78 Å². The van der Waals surface area contributed by atoms with Crippen LogP contribution in [0.5, 0.6) is 11.5 Å². The first-order valence-corrected chi connectivity index (χ1v) is 4.34. The maximum Gasteiger partial charge on any atom is 0.374 e. The number of hydrogen-bond donors (Lipinski definition) is 2. The molecule has 88 valence electrons. The van der Waals surface area contributed by atoms with E-state index in [1.165, 1.54) is 25.3 Å². The minimum atomic E-state index is -3.91. The van der Waals surface area contributed by atoms with Gasteiger partial charge in [-0.05, 0) is 18.2 Å². The number of aromatic hydroxyl groups is 1. The number of aliphatic carboxylic acids is 1. The average Bonchev–Trinajstić information content (AvgIpc) is 2.21. The number of benzene rings is 1. The van der Waals surface area contributed by atoms with Crippen molar-refractivity contribution < 1.29 is 28.5 Å². The van der Waals surface area contributed by atoms with Crippen LogP contribution in [0.3, 0.4) is 0 Å². The van der Waals surface area contributed by atoms with Gasteiger partial charge in [-0.25, -0.2) is 4.79 Å². The predicted octanol–water partition coefficient (Wildman–Crippen LogP) is 1.66. The van der Waals surface area contributed by atoms with Crippen molar-refractivity contribution in [2.45, 2.75) is 12.3 Å². The van der Waals surface area contributed by atoms with E-state index in [-0.39, 0.29) is 17.1 Å². The van der Waals surface area contributed by atoms with Crippen molar-refractivity contribution in [1.82, 2.24) is 0 Å². The van der Waals surface area contributed by atoms with Crippen LogP contribution in [0.2, 0.25) is 0 Å². The molecule has 4 nitrogen and oxygen atoms in total. The van der Waals surface area contributed by atoms with Gasteiger partial charge in [-0.15, -0.1) is 0 Å². The van der Waals surface area contributed by atoms with E-state index >= 15 is 0 Å². The normalized spacial score (nSPS) is 11.2. The highest BCUT2D eigenvalue weighted by Crippen LogP contribution is 2.29. The number of alkyl halides is 2. The van der Waals surface area contributed by atoms with Gasteiger partial charge in [0.15, 0.2) is 0 Å². The number of hydrogen-bond acceptors (Lipinski definition) is 3. The third-order valence-corrected chi connectivity index (χ3v) is 2.01. The minimum Gasteiger partial charge on any atom is -0.508 e. The Bertz CT molecular complexity index is 404. The Morgan fingerprint density at radius 2 is 2.12 bits per heavy atom. The van der Waals surface area contributed by atoms with Crippen molar-refractivity contribution >= 4 is 5.97 Å². The Hall–Kier alpha value is -1.85. The zero-order chi connectivity index (χ0) is 12.3. The molecular weight excluding hydrogens is 222 g/mol. The zero-order valence-electron chi connectivity index (χ0n) is 8.41. The summed E-state index contributed by atoms with van der Waals surface area (Å²) in [4.78, 5) is 10.2. The van der Waals surface area contributed by atoms with Crippen molar-refractivity contribution in [2.75, 3.05) is 7.11 Å². The fourth-order valence-corrected chi connectivity index (χ4v) is 1.15. The number of phenols is 1. The molecule has 0 bridgehead atoms. The van der Waals surface area contributed by atoms with E-state index in [4.69, 9.17) is 9.84 Å². The Labute approximate surface area is 90.1 Å². The highest BCUT2D eigenvalue weighted by Gasteiger charge is 2.39. The Balaban J connectivity index is 3.00. The fourth-order valence-electron chi connectivity index (χ4n) is 1.15. The van der Waals surface area contributed by atoms with Gasteiger partial charge >= 0.3 is 11.9 Å². The van der Waals surface area contributed by atoms with Crippen LogP contribution in [-0.2, 0) is 11.2 Å². The van der Waals surface area contributed by atoms with Crippen LogP contribution in [0.1, 0.15) is 5.56 Å². The summed E-state index contributed by atoms with van der Waals surface area (Å²) in [6.07, 6.45) is -1.08. The summed E-state index contributed by atoms with van der Waals surface area (Å²) in [7, 11) is 1.34. The van der Waals surface area contributed by atoms with E-state index in [1.807, 2.05) is 0 Å². The molecule has 0 saturated heterocycles. The molecule has 0 amide bonds. The summed E-state index contributed by atoms with van der Waals surface area (Å²) in [5, 5.41) is 17.6. The highest BCUT2D eigenvalue weighted by atomic mass is 19.3. The average molecular weight is 232 g/mol. The van der Waals surface area contributed by atoms with Gasteiger partial charge in [0, 0.05) is 5.56 Å². The molecule has 0 aromatic heterocycles. The Kier molecular flexibility index (Phi) is 3.31. The maximum absolute atomic E-state index is 12.9. The lowest BCUT2D eigenvalue weighted by atomic mass is 10.1. The van der Waals surface area contributed by atoms with E-state index in [1.54, 1.807) is 0 Å². The summed E-state index contributed by atoms with van der Waals surface area (Å²) in [5.41, 5.74) is -0.174. The summed E-state index contributed by atoms with van der Waals surface area (Å²) in [5.74, 6) is -6.26. The summed E-state index contributed by atoms with van der Waals surface area (Å²) in [6.45, 7) is 0. The van der Waals surface area contributed by atoms with Gasteiger partial charge in [-0.1, -0.05) is 0 Å². The number of ether oxygens (including phenoxy) is 1. The van der Waals surface area contributed by atoms with Crippen molar-refractivity contribution in [1.29, 1.82) is 0 Å². The van der Waals surface area contributed by atoms with Gasteiger partial charge < -0.3 is 14.9 Å². The molecule has 16 heavy (non-hydrogen) atoms. The number of carbonyl (C=O) groups is 1. The van der Waals surface area contributed by atoms with Gasteiger partial charge in [0.1, 0.15) is 11.5 Å². The SMILES string of the molecule is COc1ccc(O)c(CC(F)(F)C(=O)O)c1. The molecule has 0 saturated carbocycles. The van der Waals surface area contributed by atoms with Crippen LogP contribution in [-0.4, -0.2) is 29.2 Å². The minimum absolute atomic E-state index is 0.174. The predicted molar refractivity (Wildman–Crippen MR) is 50.9 cm³/mol. The molecule has 6 heteroatoms. The lowest BCUT2D eigenvalue weighted by molar-refractivity contribution is -0.164. The van der Waals surface area contributed by atoms with Crippen molar-refractivity contribution in [2.24, 2.45) is 0 Å². The third kappa shape index (κ3) is 2.59. The van der Waals surface area contributed by atoms with Gasteiger partial charge in [-0.2, -0.15) is 8.78 Å². The van der Waals surface area contributed by atoms with Crippen LogP contribution >= 0.6 is 0 Å². The highest BCUT2D eigenvalue weighted by molar-refractivity contribution is 5.75. The van der Waals surface area contributed by atoms with Crippen LogP contribution < -0.4 is 4.74 Å². The first kappa shape index (κ1) is 12.2. The lowest BCUT2D eigenvalue weighted by Crippen LogP contribution is -2.30. The number of carboxylic acids is 1. The van der Waals surface area contributed by atoms with Crippen molar-refractivity contribution in [3.63, 3.8) is 0 Å². The number of rotatable bonds is 4. The molecule has 0 heterocycles. The number of halogens is 2. The van der Waals surface area contributed by atoms with E-state index < -0.39 is 18.3 Å². The Morgan fingerprint density at radius 3 is 2.62 bits per heavy atom. The molecule has 1 rings (SSSR count). The molecule has 0 atom stereocenters. The quantitative estimate of drug-likeness (QED) is 0.828. The number of carboxylic acid groups (broad SMARTS) is 1. The number of phenolic OH excluding ortho intramolecular Hbond substituents is 1. The molecule has 0 unspecified atom stereocenters. The molecule has 0 radical (unpaired) electrons.